The minimum Gasteiger partial charge on any atom is -0.342 e. The second-order valence-corrected chi connectivity index (χ2v) is 6.01. The predicted octanol–water partition coefficient (Wildman–Crippen LogP) is 1.98. The zero-order chi connectivity index (χ0) is 15.9. The van der Waals surface area contributed by atoms with Crippen LogP contribution in [0, 0.1) is 22.9 Å². The average Bonchev–Trinajstić information content (AvgIpc) is 2.35. The highest BCUT2D eigenvalue weighted by atomic mass is 19.2. The highest BCUT2D eigenvalue weighted by Crippen LogP contribution is 2.29. The molecule has 21 heavy (non-hydrogen) atoms. The Kier molecular flexibility index (Phi) is 3.69. The average molecular weight is 300 g/mol. The summed E-state index contributed by atoms with van der Waals surface area (Å²) in [6.07, 6.45) is 0. The zero-order valence-electron chi connectivity index (χ0n) is 11.8. The van der Waals surface area contributed by atoms with Crippen LogP contribution < -0.4 is 10.2 Å². The Hall–Kier alpha value is -2.05. The van der Waals surface area contributed by atoms with E-state index in [-0.39, 0.29) is 0 Å². The number of rotatable bonds is 1. The van der Waals surface area contributed by atoms with Gasteiger partial charge in [-0.15, -0.1) is 0 Å². The Labute approximate surface area is 119 Å². The topological polar surface area (TPSA) is 49.4 Å². The van der Waals surface area contributed by atoms with Crippen molar-refractivity contribution < 1.29 is 22.8 Å². The summed E-state index contributed by atoms with van der Waals surface area (Å²) in [5.41, 5.74) is -1.19. The summed E-state index contributed by atoms with van der Waals surface area (Å²) >= 11 is 0. The standard InChI is InChI=1S/C14H15F3N2O2/c1-14(2,3)12-13(21)19(6-10(20)18-12)9-5-7(15)4-8(16)11(9)17/h4-5,12H,6H2,1-3H3,(H,18,20). The van der Waals surface area contributed by atoms with E-state index in [2.05, 4.69) is 5.32 Å². The van der Waals surface area contributed by atoms with Crippen molar-refractivity contribution in [2.24, 2.45) is 5.41 Å². The molecular formula is C14H15F3N2O2. The third-order valence-electron chi connectivity index (χ3n) is 3.25. The van der Waals surface area contributed by atoms with Crippen molar-refractivity contribution in [2.45, 2.75) is 26.8 Å². The minimum absolute atomic E-state index is 0.384. The number of carbonyl (C=O) groups excluding carboxylic acids is 2. The van der Waals surface area contributed by atoms with Crippen LogP contribution in [0.4, 0.5) is 18.9 Å². The molecule has 1 aromatic carbocycles. The first-order valence-corrected chi connectivity index (χ1v) is 6.36. The summed E-state index contributed by atoms with van der Waals surface area (Å²) < 4.78 is 40.4. The van der Waals surface area contributed by atoms with Gasteiger partial charge in [0.15, 0.2) is 11.6 Å². The number of anilines is 1. The van der Waals surface area contributed by atoms with Crippen molar-refractivity contribution in [1.82, 2.24) is 5.32 Å². The molecule has 1 aliphatic rings. The van der Waals surface area contributed by atoms with Crippen LogP contribution in [-0.2, 0) is 9.59 Å². The molecule has 0 aromatic heterocycles. The second kappa shape index (κ2) is 5.05. The Morgan fingerprint density at radius 2 is 1.81 bits per heavy atom. The van der Waals surface area contributed by atoms with Gasteiger partial charge in [0.25, 0.3) is 5.91 Å². The number of halogens is 3. The van der Waals surface area contributed by atoms with Crippen LogP contribution >= 0.6 is 0 Å². The van der Waals surface area contributed by atoms with Gasteiger partial charge in [0.05, 0.1) is 5.69 Å². The number of carbonyl (C=O) groups is 2. The van der Waals surface area contributed by atoms with Gasteiger partial charge in [-0.25, -0.2) is 13.2 Å². The highest BCUT2D eigenvalue weighted by Gasteiger charge is 2.41. The number of hydrogen-bond donors (Lipinski definition) is 1. The van der Waals surface area contributed by atoms with Crippen molar-refractivity contribution >= 4 is 17.5 Å². The molecule has 114 valence electrons. The molecule has 1 saturated heterocycles. The first-order chi connectivity index (χ1) is 9.61. The van der Waals surface area contributed by atoms with Crippen molar-refractivity contribution in [3.8, 4) is 0 Å². The fourth-order valence-corrected chi connectivity index (χ4v) is 2.18. The number of hydrogen-bond acceptors (Lipinski definition) is 2. The Bertz CT molecular complexity index is 611. The van der Waals surface area contributed by atoms with Crippen LogP contribution in [0.15, 0.2) is 12.1 Å². The molecule has 0 saturated carbocycles. The fourth-order valence-electron chi connectivity index (χ4n) is 2.18. The van der Waals surface area contributed by atoms with Crippen LogP contribution in [0.2, 0.25) is 0 Å². The summed E-state index contributed by atoms with van der Waals surface area (Å²) in [5, 5.41) is 2.51. The molecule has 1 aliphatic heterocycles. The normalized spacial score (nSPS) is 19.7. The maximum Gasteiger partial charge on any atom is 0.250 e. The van der Waals surface area contributed by atoms with E-state index < -0.39 is 53.0 Å². The molecule has 4 nitrogen and oxygen atoms in total. The quantitative estimate of drug-likeness (QED) is 0.806. The predicted molar refractivity (Wildman–Crippen MR) is 70.1 cm³/mol. The largest absolute Gasteiger partial charge is 0.342 e. The van der Waals surface area contributed by atoms with E-state index in [0.29, 0.717) is 12.1 Å². The summed E-state index contributed by atoms with van der Waals surface area (Å²) in [6, 6.07) is 0.188. The molecule has 1 unspecified atom stereocenters. The van der Waals surface area contributed by atoms with E-state index in [4.69, 9.17) is 0 Å². The molecule has 1 N–H and O–H groups in total. The first kappa shape index (κ1) is 15.3. The molecule has 1 atom stereocenters. The Morgan fingerprint density at radius 1 is 1.19 bits per heavy atom. The van der Waals surface area contributed by atoms with E-state index in [1.807, 2.05) is 0 Å². The third kappa shape index (κ3) is 2.86. The van der Waals surface area contributed by atoms with Crippen molar-refractivity contribution in [3.63, 3.8) is 0 Å². The number of piperazine rings is 1. The van der Waals surface area contributed by atoms with E-state index in [9.17, 15) is 22.8 Å². The van der Waals surface area contributed by atoms with Crippen LogP contribution in [0.3, 0.4) is 0 Å². The van der Waals surface area contributed by atoms with Gasteiger partial charge in [-0.1, -0.05) is 20.8 Å². The smallest absolute Gasteiger partial charge is 0.250 e. The van der Waals surface area contributed by atoms with Gasteiger partial charge >= 0.3 is 0 Å². The SMILES string of the molecule is CC(C)(C)C1NC(=O)CN(c2cc(F)cc(F)c2F)C1=O. The van der Waals surface area contributed by atoms with Crippen molar-refractivity contribution in [1.29, 1.82) is 0 Å². The molecule has 7 heteroatoms. The van der Waals surface area contributed by atoms with Gasteiger partial charge in [-0.05, 0) is 5.41 Å². The molecule has 2 rings (SSSR count). The molecule has 1 fully saturated rings. The maximum absolute atomic E-state index is 13.8. The Morgan fingerprint density at radius 3 is 2.38 bits per heavy atom. The lowest BCUT2D eigenvalue weighted by Crippen LogP contribution is -2.62. The van der Waals surface area contributed by atoms with Crippen LogP contribution in [-0.4, -0.2) is 24.4 Å². The van der Waals surface area contributed by atoms with Gasteiger partial charge < -0.3 is 5.32 Å². The molecule has 1 heterocycles. The fraction of sp³-hybridized carbons (Fsp3) is 0.429. The minimum atomic E-state index is -1.41. The van der Waals surface area contributed by atoms with E-state index in [1.54, 1.807) is 20.8 Å². The van der Waals surface area contributed by atoms with Gasteiger partial charge in [-0.2, -0.15) is 0 Å². The van der Waals surface area contributed by atoms with Gasteiger partial charge in [0.1, 0.15) is 18.4 Å². The first-order valence-electron chi connectivity index (χ1n) is 6.36. The van der Waals surface area contributed by atoms with E-state index in [0.717, 1.165) is 4.90 Å². The second-order valence-electron chi connectivity index (χ2n) is 6.01. The number of benzene rings is 1. The van der Waals surface area contributed by atoms with Gasteiger partial charge in [0, 0.05) is 12.1 Å². The van der Waals surface area contributed by atoms with E-state index in [1.165, 1.54) is 0 Å². The van der Waals surface area contributed by atoms with Gasteiger partial charge in [0.2, 0.25) is 5.91 Å². The monoisotopic (exact) mass is 300 g/mol. The van der Waals surface area contributed by atoms with Crippen LogP contribution in [0.1, 0.15) is 20.8 Å². The lowest BCUT2D eigenvalue weighted by Gasteiger charge is -2.38. The summed E-state index contributed by atoms with van der Waals surface area (Å²) in [4.78, 5) is 24.9. The zero-order valence-corrected chi connectivity index (χ0v) is 11.8. The summed E-state index contributed by atoms with van der Waals surface area (Å²) in [6.45, 7) is 4.69. The molecule has 0 aliphatic carbocycles. The van der Waals surface area contributed by atoms with E-state index >= 15 is 0 Å². The Balaban J connectivity index is 2.48. The molecule has 1 aromatic rings. The molecule has 0 radical (unpaired) electrons. The van der Waals surface area contributed by atoms with Crippen LogP contribution in [0.25, 0.3) is 0 Å². The summed E-state index contributed by atoms with van der Waals surface area (Å²) in [7, 11) is 0. The number of nitrogens with one attached hydrogen (secondary N) is 1. The summed E-state index contributed by atoms with van der Waals surface area (Å²) in [5.74, 6) is -4.90. The highest BCUT2D eigenvalue weighted by molar-refractivity contribution is 6.07. The lowest BCUT2D eigenvalue weighted by molar-refractivity contribution is -0.133. The van der Waals surface area contributed by atoms with Crippen molar-refractivity contribution in [3.05, 3.63) is 29.6 Å². The number of amides is 2. The molecule has 0 bridgehead atoms. The molecular weight excluding hydrogens is 285 g/mol. The third-order valence-corrected chi connectivity index (χ3v) is 3.25. The maximum atomic E-state index is 13.8. The van der Waals surface area contributed by atoms with Gasteiger partial charge in [-0.3, -0.25) is 14.5 Å². The molecule has 0 spiro atoms. The number of nitrogens with zero attached hydrogens (tertiary/aromatic N) is 1. The molecule has 2 amide bonds. The lowest BCUT2D eigenvalue weighted by atomic mass is 9.84. The van der Waals surface area contributed by atoms with Crippen molar-refractivity contribution in [2.75, 3.05) is 11.4 Å². The van der Waals surface area contributed by atoms with Crippen LogP contribution in [0.5, 0.6) is 0 Å².